The Bertz CT molecular complexity index is 223. The molecule has 0 nitrogen and oxygen atoms in total. The summed E-state index contributed by atoms with van der Waals surface area (Å²) in [4.78, 5) is 0. The van der Waals surface area contributed by atoms with E-state index in [0.717, 1.165) is 0 Å². The van der Waals surface area contributed by atoms with E-state index in [4.69, 9.17) is 0 Å². The topological polar surface area (TPSA) is 0 Å². The highest BCUT2D eigenvalue weighted by Gasteiger charge is 1.92. The number of unbranched alkanes of at least 4 members (excludes halogenated alkanes) is 27. The molecule has 0 saturated heterocycles. The van der Waals surface area contributed by atoms with E-state index < -0.39 is 0 Å². The second-order valence-corrected chi connectivity index (χ2v) is 11.5. The molecular formula is C36H81P. The number of rotatable bonds is 27. The Labute approximate surface area is 243 Å². The Morgan fingerprint density at radius 2 is 0.243 bits per heavy atom. The van der Waals surface area contributed by atoms with E-state index in [1.807, 2.05) is 0 Å². The summed E-state index contributed by atoms with van der Waals surface area (Å²) in [7, 11) is 0. The molecule has 0 aromatic carbocycles. The molecule has 37 heavy (non-hydrogen) atoms. The molecule has 230 valence electrons. The van der Waals surface area contributed by atoms with Crippen molar-refractivity contribution in [1.82, 2.24) is 0 Å². The van der Waals surface area contributed by atoms with Gasteiger partial charge in [0.25, 0.3) is 0 Å². The van der Waals surface area contributed by atoms with Crippen LogP contribution in [0.3, 0.4) is 0 Å². The monoisotopic (exact) mass is 545 g/mol. The summed E-state index contributed by atoms with van der Waals surface area (Å²) >= 11 is 0. The van der Waals surface area contributed by atoms with Crippen LogP contribution in [0.2, 0.25) is 0 Å². The highest BCUT2D eigenvalue weighted by molar-refractivity contribution is 6.92. The largest absolute Gasteiger partial charge is 0.153 e. The summed E-state index contributed by atoms with van der Waals surface area (Å²) in [6.07, 6.45) is 43.3. The first-order chi connectivity index (χ1) is 17.7. The van der Waals surface area contributed by atoms with Crippen molar-refractivity contribution in [2.45, 2.75) is 234 Å². The molecule has 0 aliphatic heterocycles. The van der Waals surface area contributed by atoms with Gasteiger partial charge in [0.2, 0.25) is 0 Å². The Morgan fingerprint density at radius 1 is 0.162 bits per heavy atom. The van der Waals surface area contributed by atoms with E-state index in [1.165, 1.54) is 193 Å². The number of hydrogen-bond acceptors (Lipinski definition) is 0. The summed E-state index contributed by atoms with van der Waals surface area (Å²) in [5.41, 5.74) is 0. The van der Waals surface area contributed by atoms with Crippen LogP contribution in [0.1, 0.15) is 234 Å². The fourth-order valence-electron chi connectivity index (χ4n) is 4.68. The molecule has 0 bridgehead atoms. The number of hydrogen-bond donors (Lipinski definition) is 0. The minimum absolute atomic E-state index is 0. The van der Waals surface area contributed by atoms with E-state index in [-0.39, 0.29) is 9.90 Å². The van der Waals surface area contributed by atoms with Crippen molar-refractivity contribution in [1.29, 1.82) is 0 Å². The molecule has 0 aliphatic carbocycles. The molecule has 0 rings (SSSR count). The smallest absolute Gasteiger partial charge is 0.0533 e. The molecule has 1 atom stereocenters. The van der Waals surface area contributed by atoms with Gasteiger partial charge in [0.1, 0.15) is 0 Å². The molecule has 0 aromatic rings. The molecule has 0 saturated carbocycles. The molecular weight excluding hydrogens is 463 g/mol. The second kappa shape index (κ2) is 49.4. The third-order valence-electron chi connectivity index (χ3n) is 7.37. The Morgan fingerprint density at radius 3 is 0.324 bits per heavy atom. The van der Waals surface area contributed by atoms with Crippen molar-refractivity contribution in [3.63, 3.8) is 0 Å². The lowest BCUT2D eigenvalue weighted by Crippen LogP contribution is -1.80. The molecule has 0 aliphatic rings. The van der Waals surface area contributed by atoms with Crippen molar-refractivity contribution in [2.24, 2.45) is 0 Å². The third-order valence-corrected chi connectivity index (χ3v) is 7.37. The van der Waals surface area contributed by atoms with Crippen molar-refractivity contribution < 1.29 is 0 Å². The lowest BCUT2D eigenvalue weighted by Gasteiger charge is -1.99. The maximum atomic E-state index is 2.28. The summed E-state index contributed by atoms with van der Waals surface area (Å²) in [5, 5.41) is 0. The van der Waals surface area contributed by atoms with Gasteiger partial charge in [-0.2, -0.15) is 9.90 Å². The molecule has 0 heterocycles. The van der Waals surface area contributed by atoms with Crippen LogP contribution in [0, 0.1) is 0 Å². The van der Waals surface area contributed by atoms with Crippen LogP contribution >= 0.6 is 9.90 Å². The van der Waals surface area contributed by atoms with Crippen molar-refractivity contribution in [3.8, 4) is 0 Å². The van der Waals surface area contributed by atoms with Crippen LogP contribution in [0.15, 0.2) is 0 Å². The first-order valence-corrected chi connectivity index (χ1v) is 17.7. The zero-order chi connectivity index (χ0) is 27.2. The Hall–Kier alpha value is 0.430. The molecule has 1 unspecified atom stereocenters. The standard InChI is InChI=1S/3C12H26.H3P/c3*1-3-5-7-9-11-12-10-8-6-4-2;/h3*3-12H2,1-2H3;1H3. The normalized spacial score (nSPS) is 10.2. The third kappa shape index (κ3) is 57.4. The molecule has 0 spiro atoms. The SMILES string of the molecule is CCCCCCCCCCCC.CCCCCCCCCCCC.CCCCCCCCCCCC.P. The Kier molecular flexibility index (Phi) is 59.3. The van der Waals surface area contributed by atoms with E-state index in [9.17, 15) is 0 Å². The van der Waals surface area contributed by atoms with Gasteiger partial charge in [0.05, 0.1) is 0 Å². The van der Waals surface area contributed by atoms with Crippen LogP contribution in [-0.2, 0) is 0 Å². The van der Waals surface area contributed by atoms with Gasteiger partial charge in [-0.05, 0) is 0 Å². The molecule has 0 radical (unpaired) electrons. The summed E-state index contributed by atoms with van der Waals surface area (Å²) in [6, 6.07) is 0. The average Bonchev–Trinajstić information content (AvgIpc) is 2.90. The fraction of sp³-hybridized carbons (Fsp3) is 1.00. The predicted octanol–water partition coefficient (Wildman–Crippen LogP) is 14.8. The van der Waals surface area contributed by atoms with Gasteiger partial charge in [-0.15, -0.1) is 0 Å². The van der Waals surface area contributed by atoms with Gasteiger partial charge in [0.15, 0.2) is 0 Å². The highest BCUT2D eigenvalue weighted by Crippen LogP contribution is 2.11. The minimum atomic E-state index is 0. The summed E-state index contributed by atoms with van der Waals surface area (Å²) < 4.78 is 0. The summed E-state index contributed by atoms with van der Waals surface area (Å²) in [6.45, 7) is 13.7. The lowest BCUT2D eigenvalue weighted by atomic mass is 10.1. The zero-order valence-corrected chi connectivity index (χ0v) is 29.3. The van der Waals surface area contributed by atoms with E-state index in [1.54, 1.807) is 0 Å². The molecule has 0 aromatic heterocycles. The fourth-order valence-corrected chi connectivity index (χ4v) is 4.68. The van der Waals surface area contributed by atoms with Crippen LogP contribution in [-0.4, -0.2) is 0 Å². The van der Waals surface area contributed by atoms with Crippen LogP contribution in [0.25, 0.3) is 0 Å². The molecule has 0 N–H and O–H groups in total. The minimum Gasteiger partial charge on any atom is -0.153 e. The van der Waals surface area contributed by atoms with Gasteiger partial charge in [-0.3, -0.25) is 0 Å². The first-order valence-electron chi connectivity index (χ1n) is 17.7. The van der Waals surface area contributed by atoms with Crippen molar-refractivity contribution in [2.75, 3.05) is 0 Å². The zero-order valence-electron chi connectivity index (χ0n) is 27.9. The van der Waals surface area contributed by atoms with Gasteiger partial charge < -0.3 is 0 Å². The van der Waals surface area contributed by atoms with E-state index in [0.29, 0.717) is 0 Å². The van der Waals surface area contributed by atoms with Crippen LogP contribution in [0.4, 0.5) is 0 Å². The van der Waals surface area contributed by atoms with Gasteiger partial charge in [-0.25, -0.2) is 0 Å². The molecule has 0 amide bonds. The van der Waals surface area contributed by atoms with E-state index >= 15 is 0 Å². The quantitative estimate of drug-likeness (QED) is 0.0712. The second-order valence-electron chi connectivity index (χ2n) is 11.5. The predicted molar refractivity (Wildman–Crippen MR) is 184 cm³/mol. The Balaban J connectivity index is -0.000000218. The van der Waals surface area contributed by atoms with Gasteiger partial charge in [-0.1, -0.05) is 234 Å². The maximum absolute atomic E-state index is 2.28. The average molecular weight is 545 g/mol. The van der Waals surface area contributed by atoms with Crippen LogP contribution in [0.5, 0.6) is 0 Å². The lowest BCUT2D eigenvalue weighted by molar-refractivity contribution is 0.562. The highest BCUT2D eigenvalue weighted by atomic mass is 31.0. The molecule has 1 heteroatoms. The van der Waals surface area contributed by atoms with E-state index in [2.05, 4.69) is 41.5 Å². The molecule has 0 fully saturated rings. The maximum Gasteiger partial charge on any atom is -0.0533 e. The van der Waals surface area contributed by atoms with Gasteiger partial charge in [0, 0.05) is 0 Å². The first kappa shape index (κ1) is 44.4. The van der Waals surface area contributed by atoms with Crippen molar-refractivity contribution in [3.05, 3.63) is 0 Å². The summed E-state index contributed by atoms with van der Waals surface area (Å²) in [5.74, 6) is 0. The van der Waals surface area contributed by atoms with Crippen LogP contribution < -0.4 is 0 Å². The van der Waals surface area contributed by atoms with Gasteiger partial charge >= 0.3 is 0 Å². The van der Waals surface area contributed by atoms with Crippen molar-refractivity contribution >= 4 is 9.90 Å².